The molecule has 0 spiro atoms. The van der Waals surface area contributed by atoms with Gasteiger partial charge in [0.05, 0.1) is 0 Å². The lowest BCUT2D eigenvalue weighted by Gasteiger charge is -2.10. The Balaban J connectivity index is 2.40. The van der Waals surface area contributed by atoms with Crippen LogP contribution in [0.5, 0.6) is 0 Å². The lowest BCUT2D eigenvalue weighted by molar-refractivity contribution is -0.684. The standard InChI is InChI=1S/C14H23N3O/c1-12(2)5-8-15-14(18)11-17-9-6-13(7-10-17)16(3)4/h6-7,9-10,12H,5,8,11H2,1-4H3/p+1. The Bertz CT molecular complexity index is 371. The highest BCUT2D eigenvalue weighted by molar-refractivity contribution is 5.74. The van der Waals surface area contributed by atoms with Gasteiger partial charge in [-0.15, -0.1) is 0 Å². The average Bonchev–Trinajstić information content (AvgIpc) is 2.29. The van der Waals surface area contributed by atoms with E-state index in [1.54, 1.807) is 0 Å². The molecule has 0 bridgehead atoms. The Hall–Kier alpha value is -1.58. The van der Waals surface area contributed by atoms with Crippen LogP contribution < -0.4 is 14.8 Å². The van der Waals surface area contributed by atoms with Gasteiger partial charge in [-0.05, 0) is 12.3 Å². The van der Waals surface area contributed by atoms with Crippen molar-refractivity contribution in [3.8, 4) is 0 Å². The zero-order valence-corrected chi connectivity index (χ0v) is 11.8. The monoisotopic (exact) mass is 250 g/mol. The van der Waals surface area contributed by atoms with Gasteiger partial charge in [0.1, 0.15) is 0 Å². The fraction of sp³-hybridized carbons (Fsp3) is 0.571. The molecule has 1 aromatic heterocycles. The van der Waals surface area contributed by atoms with E-state index in [-0.39, 0.29) is 5.91 Å². The van der Waals surface area contributed by atoms with Crippen molar-refractivity contribution in [3.63, 3.8) is 0 Å². The summed E-state index contributed by atoms with van der Waals surface area (Å²) in [6.07, 6.45) is 4.88. The molecule has 4 nitrogen and oxygen atoms in total. The molecular formula is C14H24N3O+. The molecule has 0 aliphatic rings. The fourth-order valence-electron chi connectivity index (χ4n) is 1.57. The Morgan fingerprint density at radius 3 is 2.44 bits per heavy atom. The maximum atomic E-state index is 11.7. The molecule has 0 radical (unpaired) electrons. The molecule has 4 heteroatoms. The summed E-state index contributed by atoms with van der Waals surface area (Å²) in [7, 11) is 4.00. The quantitative estimate of drug-likeness (QED) is 0.770. The molecule has 0 aromatic carbocycles. The van der Waals surface area contributed by atoms with Crippen molar-refractivity contribution >= 4 is 11.6 Å². The van der Waals surface area contributed by atoms with Gasteiger partial charge >= 0.3 is 0 Å². The topological polar surface area (TPSA) is 36.2 Å². The predicted octanol–water partition coefficient (Wildman–Crippen LogP) is 1.20. The Morgan fingerprint density at radius 1 is 1.33 bits per heavy atom. The van der Waals surface area contributed by atoms with Crippen LogP contribution in [0.2, 0.25) is 0 Å². The molecule has 0 saturated heterocycles. The molecule has 100 valence electrons. The van der Waals surface area contributed by atoms with Gasteiger partial charge in [-0.2, -0.15) is 4.57 Å². The third-order valence-electron chi connectivity index (χ3n) is 2.76. The summed E-state index contributed by atoms with van der Waals surface area (Å²) < 4.78 is 1.89. The van der Waals surface area contributed by atoms with Gasteiger partial charge in [0.2, 0.25) is 6.54 Å². The second kappa shape index (κ2) is 6.99. The van der Waals surface area contributed by atoms with Crippen LogP contribution in [0.4, 0.5) is 5.69 Å². The van der Waals surface area contributed by atoms with Gasteiger partial charge in [0, 0.05) is 38.5 Å². The van der Waals surface area contributed by atoms with E-state index in [0.717, 1.165) is 18.7 Å². The number of nitrogens with zero attached hydrogens (tertiary/aromatic N) is 2. The SMILES string of the molecule is CC(C)CCNC(=O)C[n+]1ccc(N(C)C)cc1. The molecule has 1 aromatic rings. The van der Waals surface area contributed by atoms with Crippen LogP contribution in [0.3, 0.4) is 0 Å². The van der Waals surface area contributed by atoms with E-state index in [4.69, 9.17) is 0 Å². The number of amides is 1. The zero-order chi connectivity index (χ0) is 13.5. The van der Waals surface area contributed by atoms with Crippen LogP contribution >= 0.6 is 0 Å². The zero-order valence-electron chi connectivity index (χ0n) is 11.8. The average molecular weight is 250 g/mol. The first-order valence-electron chi connectivity index (χ1n) is 6.42. The summed E-state index contributed by atoms with van der Waals surface area (Å²) in [5.74, 6) is 0.690. The Kier molecular flexibility index (Phi) is 5.62. The molecule has 0 fully saturated rings. The lowest BCUT2D eigenvalue weighted by Crippen LogP contribution is -2.42. The maximum absolute atomic E-state index is 11.7. The first-order valence-corrected chi connectivity index (χ1v) is 6.42. The number of pyridine rings is 1. The molecule has 0 aliphatic carbocycles. The van der Waals surface area contributed by atoms with E-state index < -0.39 is 0 Å². The number of carbonyl (C=O) groups is 1. The van der Waals surface area contributed by atoms with Gasteiger partial charge in [-0.1, -0.05) is 13.8 Å². The summed E-state index contributed by atoms with van der Waals surface area (Å²) in [5, 5.41) is 2.93. The largest absolute Gasteiger partial charge is 0.377 e. The fourth-order valence-corrected chi connectivity index (χ4v) is 1.57. The lowest BCUT2D eigenvalue weighted by atomic mass is 10.1. The van der Waals surface area contributed by atoms with Crippen molar-refractivity contribution in [2.24, 2.45) is 5.92 Å². The van der Waals surface area contributed by atoms with Crippen molar-refractivity contribution in [1.29, 1.82) is 0 Å². The number of anilines is 1. The summed E-state index contributed by atoms with van der Waals surface area (Å²) in [6.45, 7) is 5.44. The number of hydrogen-bond acceptors (Lipinski definition) is 2. The van der Waals surface area contributed by atoms with Crippen molar-refractivity contribution in [3.05, 3.63) is 24.5 Å². The number of nitrogens with one attached hydrogen (secondary N) is 1. The second-order valence-electron chi connectivity index (χ2n) is 5.16. The van der Waals surface area contributed by atoms with Crippen LogP contribution in [-0.2, 0) is 11.3 Å². The summed E-state index contributed by atoms with van der Waals surface area (Å²) in [6, 6.07) is 4.00. The van der Waals surface area contributed by atoms with Gasteiger partial charge in [-0.25, -0.2) is 0 Å². The molecule has 0 unspecified atom stereocenters. The minimum atomic E-state index is 0.0678. The van der Waals surface area contributed by atoms with E-state index in [1.807, 2.05) is 48.1 Å². The number of hydrogen-bond donors (Lipinski definition) is 1. The third kappa shape index (κ3) is 5.17. The summed E-state index contributed by atoms with van der Waals surface area (Å²) in [5.41, 5.74) is 1.13. The van der Waals surface area contributed by atoms with E-state index in [1.165, 1.54) is 0 Å². The Morgan fingerprint density at radius 2 is 1.94 bits per heavy atom. The molecule has 1 rings (SSSR count). The molecular weight excluding hydrogens is 226 g/mol. The predicted molar refractivity (Wildman–Crippen MR) is 73.4 cm³/mol. The van der Waals surface area contributed by atoms with Crippen molar-refractivity contribution in [2.75, 3.05) is 25.5 Å². The summed E-state index contributed by atoms with van der Waals surface area (Å²) >= 11 is 0. The van der Waals surface area contributed by atoms with Crippen molar-refractivity contribution in [2.45, 2.75) is 26.8 Å². The highest BCUT2D eigenvalue weighted by Crippen LogP contribution is 2.05. The van der Waals surface area contributed by atoms with E-state index >= 15 is 0 Å². The molecule has 1 heterocycles. The molecule has 0 saturated carbocycles. The smallest absolute Gasteiger partial charge is 0.285 e. The molecule has 1 N–H and O–H groups in total. The molecule has 0 aliphatic heterocycles. The van der Waals surface area contributed by atoms with Crippen LogP contribution in [0.25, 0.3) is 0 Å². The van der Waals surface area contributed by atoms with E-state index in [0.29, 0.717) is 12.5 Å². The van der Waals surface area contributed by atoms with Crippen LogP contribution in [0.15, 0.2) is 24.5 Å². The summed E-state index contributed by atoms with van der Waals surface area (Å²) in [4.78, 5) is 13.7. The maximum Gasteiger partial charge on any atom is 0.285 e. The van der Waals surface area contributed by atoms with Gasteiger partial charge in [0.25, 0.3) is 5.91 Å². The molecule has 1 amide bonds. The van der Waals surface area contributed by atoms with Crippen molar-refractivity contribution in [1.82, 2.24) is 5.32 Å². The molecule has 18 heavy (non-hydrogen) atoms. The highest BCUT2D eigenvalue weighted by Gasteiger charge is 2.09. The number of aromatic nitrogens is 1. The van der Waals surface area contributed by atoms with Crippen LogP contribution in [0, 0.1) is 5.92 Å². The van der Waals surface area contributed by atoms with Gasteiger partial charge < -0.3 is 10.2 Å². The van der Waals surface area contributed by atoms with Gasteiger partial charge in [-0.3, -0.25) is 4.79 Å². The minimum Gasteiger partial charge on any atom is -0.377 e. The van der Waals surface area contributed by atoms with Gasteiger partial charge in [0.15, 0.2) is 12.4 Å². The first kappa shape index (κ1) is 14.5. The molecule has 0 atom stereocenters. The third-order valence-corrected chi connectivity index (χ3v) is 2.76. The van der Waals surface area contributed by atoms with Crippen LogP contribution in [-0.4, -0.2) is 26.5 Å². The highest BCUT2D eigenvalue weighted by atomic mass is 16.1. The first-order chi connectivity index (χ1) is 8.49. The number of rotatable bonds is 6. The van der Waals surface area contributed by atoms with Crippen LogP contribution in [0.1, 0.15) is 20.3 Å². The normalized spacial score (nSPS) is 10.5. The number of carbonyl (C=O) groups excluding carboxylic acids is 1. The minimum absolute atomic E-state index is 0.0678. The van der Waals surface area contributed by atoms with Crippen molar-refractivity contribution < 1.29 is 9.36 Å². The van der Waals surface area contributed by atoms with E-state index in [2.05, 4.69) is 19.2 Å². The Labute approximate surface area is 110 Å². The second-order valence-corrected chi connectivity index (χ2v) is 5.16. The van der Waals surface area contributed by atoms with E-state index in [9.17, 15) is 4.79 Å².